The van der Waals surface area contributed by atoms with Crippen molar-refractivity contribution in [3.63, 3.8) is 0 Å². The fourth-order valence-corrected chi connectivity index (χ4v) is 4.18. The maximum absolute atomic E-state index is 12.7. The van der Waals surface area contributed by atoms with Crippen LogP contribution in [-0.2, 0) is 6.42 Å². The lowest BCUT2D eigenvalue weighted by Gasteiger charge is -2.21. The van der Waals surface area contributed by atoms with Crippen molar-refractivity contribution in [1.29, 1.82) is 0 Å². The molecule has 0 amide bonds. The molecule has 28 heavy (non-hydrogen) atoms. The standard InChI is InChI=1S/C21H16BrClN2O3/c1-12-8-19-16(21(26)9-12)11-18(13-2-4-14(22)5-3-13)24(19)15-6-7-17(23)20(10-15)25(27)28/h2-7,10-12H,8-9H2,1H3. The number of hydrogen-bond donors (Lipinski definition) is 0. The van der Waals surface area contributed by atoms with Gasteiger partial charge >= 0.3 is 0 Å². The van der Waals surface area contributed by atoms with E-state index in [-0.39, 0.29) is 22.4 Å². The normalized spacial score (nSPS) is 16.1. The summed E-state index contributed by atoms with van der Waals surface area (Å²) in [6, 6.07) is 14.4. The second-order valence-corrected chi connectivity index (χ2v) is 8.38. The molecule has 3 aromatic rings. The van der Waals surface area contributed by atoms with Crippen LogP contribution in [0.4, 0.5) is 5.69 Å². The molecule has 0 radical (unpaired) electrons. The summed E-state index contributed by atoms with van der Waals surface area (Å²) in [6.07, 6.45) is 1.24. The van der Waals surface area contributed by atoms with Crippen molar-refractivity contribution in [1.82, 2.24) is 4.57 Å². The van der Waals surface area contributed by atoms with E-state index >= 15 is 0 Å². The highest BCUT2D eigenvalue weighted by molar-refractivity contribution is 9.10. The molecular formula is C21H16BrClN2O3. The van der Waals surface area contributed by atoms with Crippen molar-refractivity contribution in [2.75, 3.05) is 0 Å². The van der Waals surface area contributed by atoms with Gasteiger partial charge in [-0.3, -0.25) is 14.9 Å². The molecule has 0 N–H and O–H groups in total. The number of nitro groups is 1. The predicted molar refractivity (Wildman–Crippen MR) is 112 cm³/mol. The van der Waals surface area contributed by atoms with Gasteiger partial charge in [-0.15, -0.1) is 0 Å². The predicted octanol–water partition coefficient (Wildman–Crippen LogP) is 6.23. The number of nitrogens with zero attached hydrogens (tertiary/aromatic N) is 2. The lowest BCUT2D eigenvalue weighted by molar-refractivity contribution is -0.384. The second kappa shape index (κ2) is 7.18. The number of hydrogen-bond acceptors (Lipinski definition) is 3. The van der Waals surface area contributed by atoms with Crippen LogP contribution >= 0.6 is 27.5 Å². The van der Waals surface area contributed by atoms with Crippen LogP contribution in [0.1, 0.15) is 29.4 Å². The van der Waals surface area contributed by atoms with Crippen LogP contribution in [0.2, 0.25) is 5.02 Å². The first-order valence-corrected chi connectivity index (χ1v) is 10.0. The Hall–Kier alpha value is -2.44. The molecule has 4 rings (SSSR count). The first-order chi connectivity index (χ1) is 13.3. The summed E-state index contributed by atoms with van der Waals surface area (Å²) in [5.41, 5.74) is 3.80. The van der Waals surface area contributed by atoms with Crippen molar-refractivity contribution in [2.45, 2.75) is 19.8 Å². The number of carbonyl (C=O) groups is 1. The van der Waals surface area contributed by atoms with Crippen molar-refractivity contribution in [2.24, 2.45) is 5.92 Å². The average molecular weight is 460 g/mol. The molecule has 142 valence electrons. The minimum atomic E-state index is -0.491. The molecule has 0 spiro atoms. The zero-order valence-electron chi connectivity index (χ0n) is 15.0. The number of rotatable bonds is 3. The molecule has 0 saturated heterocycles. The Labute approximate surface area is 175 Å². The van der Waals surface area contributed by atoms with Gasteiger partial charge in [-0.25, -0.2) is 0 Å². The minimum Gasteiger partial charge on any atom is -0.313 e. The maximum Gasteiger partial charge on any atom is 0.289 e. The van der Waals surface area contributed by atoms with Gasteiger partial charge in [-0.05, 0) is 48.2 Å². The zero-order valence-corrected chi connectivity index (χ0v) is 17.3. The molecular weight excluding hydrogens is 444 g/mol. The molecule has 2 aromatic carbocycles. The lowest BCUT2D eigenvalue weighted by Crippen LogP contribution is -2.19. The van der Waals surface area contributed by atoms with E-state index in [2.05, 4.69) is 15.9 Å². The molecule has 0 aliphatic heterocycles. The number of benzene rings is 2. The Morgan fingerprint density at radius 1 is 1.14 bits per heavy atom. The third-order valence-electron chi connectivity index (χ3n) is 5.00. The highest BCUT2D eigenvalue weighted by Crippen LogP contribution is 2.37. The Morgan fingerprint density at radius 3 is 2.54 bits per heavy atom. The van der Waals surface area contributed by atoms with Gasteiger partial charge in [0, 0.05) is 28.2 Å². The largest absolute Gasteiger partial charge is 0.313 e. The number of halogens is 2. The van der Waals surface area contributed by atoms with Gasteiger partial charge in [0.15, 0.2) is 5.78 Å². The molecule has 7 heteroatoms. The van der Waals surface area contributed by atoms with Crippen LogP contribution in [0.15, 0.2) is 53.0 Å². The topological polar surface area (TPSA) is 65.1 Å². The lowest BCUT2D eigenvalue weighted by atomic mass is 9.88. The number of aromatic nitrogens is 1. The van der Waals surface area contributed by atoms with Gasteiger partial charge in [0.2, 0.25) is 0 Å². The Morgan fingerprint density at radius 2 is 1.86 bits per heavy atom. The highest BCUT2D eigenvalue weighted by atomic mass is 79.9. The summed E-state index contributed by atoms with van der Waals surface area (Å²) in [6.45, 7) is 2.04. The Kier molecular flexibility index (Phi) is 4.85. The molecule has 1 unspecified atom stereocenters. The molecule has 5 nitrogen and oxygen atoms in total. The number of carbonyl (C=O) groups excluding carboxylic acids is 1. The average Bonchev–Trinajstić information content (AvgIpc) is 3.02. The van der Waals surface area contributed by atoms with E-state index in [4.69, 9.17) is 11.6 Å². The first-order valence-electron chi connectivity index (χ1n) is 8.83. The van der Waals surface area contributed by atoms with Gasteiger partial charge in [-0.1, -0.05) is 46.6 Å². The molecule has 1 atom stereocenters. The molecule has 1 aliphatic rings. The third kappa shape index (κ3) is 3.27. The summed E-state index contributed by atoms with van der Waals surface area (Å²) in [5.74, 6) is 0.322. The number of fused-ring (bicyclic) bond motifs is 1. The monoisotopic (exact) mass is 458 g/mol. The maximum atomic E-state index is 12.7. The SMILES string of the molecule is CC1CC(=O)c2cc(-c3ccc(Br)cc3)n(-c3ccc(Cl)c([N+](=O)[O-])c3)c2C1. The minimum absolute atomic E-state index is 0.0874. The number of nitro benzene ring substituents is 1. The van der Waals surface area contributed by atoms with E-state index < -0.39 is 4.92 Å². The molecule has 1 aliphatic carbocycles. The number of ketones is 1. The molecule has 1 heterocycles. The van der Waals surface area contributed by atoms with E-state index in [1.165, 1.54) is 12.1 Å². The van der Waals surface area contributed by atoms with E-state index in [1.807, 2.05) is 41.8 Å². The second-order valence-electron chi connectivity index (χ2n) is 7.06. The quantitative estimate of drug-likeness (QED) is 0.344. The summed E-state index contributed by atoms with van der Waals surface area (Å²) < 4.78 is 2.90. The van der Waals surface area contributed by atoms with Crippen LogP contribution in [-0.4, -0.2) is 15.3 Å². The molecule has 0 bridgehead atoms. The van der Waals surface area contributed by atoms with E-state index in [0.29, 0.717) is 17.7 Å². The molecule has 0 fully saturated rings. The smallest absolute Gasteiger partial charge is 0.289 e. The summed E-state index contributed by atoms with van der Waals surface area (Å²) in [7, 11) is 0. The van der Waals surface area contributed by atoms with E-state index in [9.17, 15) is 14.9 Å². The van der Waals surface area contributed by atoms with Gasteiger partial charge < -0.3 is 4.57 Å². The van der Waals surface area contributed by atoms with Crippen molar-refractivity contribution in [3.05, 3.63) is 79.4 Å². The van der Waals surface area contributed by atoms with Gasteiger partial charge in [-0.2, -0.15) is 0 Å². The zero-order chi connectivity index (χ0) is 20.0. The van der Waals surface area contributed by atoms with Crippen LogP contribution < -0.4 is 0 Å². The van der Waals surface area contributed by atoms with Gasteiger partial charge in [0.1, 0.15) is 5.02 Å². The van der Waals surface area contributed by atoms with Crippen molar-refractivity contribution < 1.29 is 9.72 Å². The van der Waals surface area contributed by atoms with Crippen molar-refractivity contribution in [3.8, 4) is 16.9 Å². The van der Waals surface area contributed by atoms with Crippen LogP contribution in [0, 0.1) is 16.0 Å². The Balaban J connectivity index is 2.00. The fraction of sp³-hybridized carbons (Fsp3) is 0.190. The molecule has 0 saturated carbocycles. The van der Waals surface area contributed by atoms with Gasteiger partial charge in [0.05, 0.1) is 16.3 Å². The summed E-state index contributed by atoms with van der Waals surface area (Å²) >= 11 is 9.45. The van der Waals surface area contributed by atoms with E-state index in [0.717, 1.165) is 27.8 Å². The highest BCUT2D eigenvalue weighted by Gasteiger charge is 2.29. The summed E-state index contributed by atoms with van der Waals surface area (Å²) in [5, 5.41) is 11.5. The summed E-state index contributed by atoms with van der Waals surface area (Å²) in [4.78, 5) is 23.5. The molecule has 1 aromatic heterocycles. The van der Waals surface area contributed by atoms with Crippen LogP contribution in [0.3, 0.4) is 0 Å². The van der Waals surface area contributed by atoms with Gasteiger partial charge in [0.25, 0.3) is 5.69 Å². The Bertz CT molecular complexity index is 1110. The third-order valence-corrected chi connectivity index (χ3v) is 5.85. The number of Topliss-reactive ketones (excluding diaryl/α,β-unsaturated/α-hetero) is 1. The first kappa shape index (κ1) is 18.9. The van der Waals surface area contributed by atoms with Crippen LogP contribution in [0.5, 0.6) is 0 Å². The van der Waals surface area contributed by atoms with Crippen LogP contribution in [0.25, 0.3) is 16.9 Å². The van der Waals surface area contributed by atoms with Crippen molar-refractivity contribution >= 4 is 39.0 Å². The van der Waals surface area contributed by atoms with E-state index in [1.54, 1.807) is 6.07 Å². The fourth-order valence-electron chi connectivity index (χ4n) is 3.73.